The van der Waals surface area contributed by atoms with Crippen molar-refractivity contribution in [1.29, 1.82) is 0 Å². The lowest BCUT2D eigenvalue weighted by atomic mass is 9.96. The van der Waals surface area contributed by atoms with Crippen LogP contribution < -0.4 is 10.9 Å². The van der Waals surface area contributed by atoms with Gasteiger partial charge in [-0.2, -0.15) is 18.2 Å². The van der Waals surface area contributed by atoms with Crippen molar-refractivity contribution in [1.82, 2.24) is 29.0 Å². The molecule has 0 amide bonds. The number of hydrogen-bond acceptors (Lipinski definition) is 7. The smallest absolute Gasteiger partial charge is 0.371 e. The van der Waals surface area contributed by atoms with E-state index in [1.54, 1.807) is 28.4 Å². The minimum Gasteiger partial charge on any atom is -0.371 e. The van der Waals surface area contributed by atoms with Crippen molar-refractivity contribution in [2.45, 2.75) is 44.0 Å². The third-order valence-electron chi connectivity index (χ3n) is 9.00. The zero-order valence-corrected chi connectivity index (χ0v) is 25.6. The highest BCUT2D eigenvalue weighted by atomic mass is 19.4. The van der Waals surface area contributed by atoms with Gasteiger partial charge in [-0.15, -0.1) is 0 Å². The van der Waals surface area contributed by atoms with E-state index in [1.807, 2.05) is 24.3 Å². The summed E-state index contributed by atoms with van der Waals surface area (Å²) in [6.07, 6.45) is 3.27. The Kier molecular flexibility index (Phi) is 7.85. The van der Waals surface area contributed by atoms with E-state index in [9.17, 15) is 18.0 Å². The number of alkyl halides is 3. The van der Waals surface area contributed by atoms with Crippen molar-refractivity contribution in [3.05, 3.63) is 88.7 Å². The molecule has 5 aromatic rings. The molecular formula is C34H34F3N7O2. The van der Waals surface area contributed by atoms with E-state index in [1.165, 1.54) is 24.7 Å². The van der Waals surface area contributed by atoms with Crippen molar-refractivity contribution >= 4 is 22.7 Å². The lowest BCUT2D eigenvalue weighted by molar-refractivity contribution is -0.137. The third-order valence-corrected chi connectivity index (χ3v) is 9.00. The number of pyridine rings is 1. The first-order chi connectivity index (χ1) is 22.2. The van der Waals surface area contributed by atoms with Crippen LogP contribution in [-0.2, 0) is 18.0 Å². The van der Waals surface area contributed by atoms with Crippen molar-refractivity contribution < 1.29 is 17.9 Å². The number of likely N-dealkylation sites (N-methyl/N-ethyl adjacent to an activating group) is 1. The first kappa shape index (κ1) is 30.1. The number of imidazole rings is 1. The molecular weight excluding hydrogens is 595 g/mol. The molecule has 2 aliphatic rings. The average molecular weight is 630 g/mol. The summed E-state index contributed by atoms with van der Waals surface area (Å²) in [6, 6.07) is 13.2. The number of benzene rings is 2. The zero-order valence-electron chi connectivity index (χ0n) is 25.6. The highest BCUT2D eigenvalue weighted by molar-refractivity contribution is 5.84. The molecule has 1 aliphatic carbocycles. The molecule has 1 saturated heterocycles. The van der Waals surface area contributed by atoms with Gasteiger partial charge in [0.2, 0.25) is 5.95 Å². The topological polar surface area (TPSA) is 90.1 Å². The first-order valence-corrected chi connectivity index (χ1v) is 15.4. The molecule has 0 spiro atoms. The predicted octanol–water partition coefficient (Wildman–Crippen LogP) is 6.74. The van der Waals surface area contributed by atoms with Crippen LogP contribution in [0.2, 0.25) is 0 Å². The van der Waals surface area contributed by atoms with Crippen LogP contribution in [0, 0.1) is 0 Å². The van der Waals surface area contributed by atoms with Gasteiger partial charge in [0, 0.05) is 54.6 Å². The molecule has 4 heterocycles. The molecule has 238 valence electrons. The van der Waals surface area contributed by atoms with E-state index in [-0.39, 0.29) is 23.3 Å². The number of morpholine rings is 1. The highest BCUT2D eigenvalue weighted by Gasteiger charge is 2.35. The van der Waals surface area contributed by atoms with E-state index >= 15 is 0 Å². The quantitative estimate of drug-likeness (QED) is 0.223. The molecule has 9 nitrogen and oxygen atoms in total. The third kappa shape index (κ3) is 5.78. The largest absolute Gasteiger partial charge is 0.417 e. The zero-order chi connectivity index (χ0) is 32.0. The SMILES string of the molecule is CN1CCOC(c2ccc(Nc3ncc4cc(-c5ccc(-c6cncn6C)cc5C(F)(F)F)c(=O)n(C5CCCC5)c4n3)cc2)C1. The Morgan fingerprint density at radius 3 is 2.46 bits per heavy atom. The van der Waals surface area contributed by atoms with Gasteiger partial charge in [0.1, 0.15) is 5.65 Å². The van der Waals surface area contributed by atoms with Crippen LogP contribution >= 0.6 is 0 Å². The van der Waals surface area contributed by atoms with E-state index in [0.29, 0.717) is 34.8 Å². The van der Waals surface area contributed by atoms with Crippen LogP contribution in [0.3, 0.4) is 0 Å². The number of ether oxygens (including phenoxy) is 1. The fourth-order valence-electron chi connectivity index (χ4n) is 6.57. The van der Waals surface area contributed by atoms with Gasteiger partial charge in [-0.25, -0.2) is 9.97 Å². The van der Waals surface area contributed by atoms with Crippen LogP contribution in [-0.4, -0.2) is 55.7 Å². The van der Waals surface area contributed by atoms with Crippen LogP contribution in [0.5, 0.6) is 0 Å². The Labute approximate surface area is 263 Å². The maximum atomic E-state index is 14.5. The Balaban J connectivity index is 1.28. The number of nitrogens with one attached hydrogen (secondary N) is 1. The molecule has 3 aromatic heterocycles. The number of fused-ring (bicyclic) bond motifs is 1. The van der Waals surface area contributed by atoms with Gasteiger partial charge in [0.05, 0.1) is 36.5 Å². The molecule has 1 aliphatic heterocycles. The average Bonchev–Trinajstić information content (AvgIpc) is 3.73. The first-order valence-electron chi connectivity index (χ1n) is 15.4. The van der Waals surface area contributed by atoms with Gasteiger partial charge in [-0.3, -0.25) is 9.36 Å². The van der Waals surface area contributed by atoms with Gasteiger partial charge in [-0.05, 0) is 55.3 Å². The second-order valence-electron chi connectivity index (χ2n) is 12.2. The van der Waals surface area contributed by atoms with Crippen molar-refractivity contribution in [3.8, 4) is 22.4 Å². The molecule has 1 atom stereocenters. The number of nitrogens with zero attached hydrogens (tertiary/aromatic N) is 6. The Morgan fingerprint density at radius 1 is 0.978 bits per heavy atom. The molecule has 7 rings (SSSR count). The lowest BCUT2D eigenvalue weighted by Crippen LogP contribution is -2.35. The molecule has 0 bridgehead atoms. The van der Waals surface area contributed by atoms with Crippen LogP contribution in [0.4, 0.5) is 24.8 Å². The van der Waals surface area contributed by atoms with Gasteiger partial charge in [-0.1, -0.05) is 37.1 Å². The molecule has 2 aromatic carbocycles. The second-order valence-corrected chi connectivity index (χ2v) is 12.2. The van der Waals surface area contributed by atoms with Gasteiger partial charge >= 0.3 is 6.18 Å². The summed E-state index contributed by atoms with van der Waals surface area (Å²) >= 11 is 0. The molecule has 46 heavy (non-hydrogen) atoms. The van der Waals surface area contributed by atoms with Gasteiger partial charge in [0.15, 0.2) is 0 Å². The van der Waals surface area contributed by atoms with E-state index < -0.39 is 17.3 Å². The maximum Gasteiger partial charge on any atom is 0.417 e. The molecule has 12 heteroatoms. The summed E-state index contributed by atoms with van der Waals surface area (Å²) in [5.41, 5.74) is 1.56. The Bertz CT molecular complexity index is 1950. The number of anilines is 2. The summed E-state index contributed by atoms with van der Waals surface area (Å²) in [5.74, 6) is 0.296. The van der Waals surface area contributed by atoms with Gasteiger partial charge < -0.3 is 19.5 Å². The van der Waals surface area contributed by atoms with Crippen molar-refractivity contribution in [3.63, 3.8) is 0 Å². The molecule has 0 radical (unpaired) electrons. The number of hydrogen-bond donors (Lipinski definition) is 1. The summed E-state index contributed by atoms with van der Waals surface area (Å²) in [7, 11) is 3.79. The number of halogens is 3. The van der Waals surface area contributed by atoms with E-state index in [4.69, 9.17) is 9.72 Å². The van der Waals surface area contributed by atoms with Crippen LogP contribution in [0.25, 0.3) is 33.4 Å². The van der Waals surface area contributed by atoms with E-state index in [2.05, 4.69) is 27.2 Å². The van der Waals surface area contributed by atoms with Crippen LogP contribution in [0.15, 0.2) is 72.0 Å². The fourth-order valence-corrected chi connectivity index (χ4v) is 6.57. The molecule has 1 saturated carbocycles. The van der Waals surface area contributed by atoms with Gasteiger partial charge in [0.25, 0.3) is 5.56 Å². The normalized spacial score (nSPS) is 18.0. The van der Waals surface area contributed by atoms with E-state index in [0.717, 1.165) is 56.1 Å². The molecule has 1 unspecified atom stereocenters. The summed E-state index contributed by atoms with van der Waals surface area (Å²) < 4.78 is 52.8. The van der Waals surface area contributed by atoms with Crippen LogP contribution in [0.1, 0.15) is 49.0 Å². The van der Waals surface area contributed by atoms with Crippen molar-refractivity contribution in [2.24, 2.45) is 7.05 Å². The number of aryl methyl sites for hydroxylation is 1. The maximum absolute atomic E-state index is 14.5. The minimum absolute atomic E-state index is 0.00368. The lowest BCUT2D eigenvalue weighted by Gasteiger charge is -2.30. The Morgan fingerprint density at radius 2 is 1.76 bits per heavy atom. The van der Waals surface area contributed by atoms with Crippen molar-refractivity contribution in [2.75, 3.05) is 32.1 Å². The summed E-state index contributed by atoms with van der Waals surface area (Å²) in [5, 5.41) is 3.72. The fraction of sp³-hybridized carbons (Fsp3) is 0.353. The molecule has 1 N–H and O–H groups in total. The molecule has 2 fully saturated rings. The number of rotatable bonds is 6. The Hall–Kier alpha value is -4.55. The monoisotopic (exact) mass is 629 g/mol. The predicted molar refractivity (Wildman–Crippen MR) is 170 cm³/mol. The minimum atomic E-state index is -4.69. The number of aromatic nitrogens is 5. The second kappa shape index (κ2) is 12.0. The standard InChI is InChI=1S/C34H34F3N7O2/c1-42-13-14-46-30(19-42)21-7-10-24(11-8-21)40-33-39-17-23-15-27(32(45)44(31(23)41-33)25-5-3-4-6-25)26-12-9-22(16-28(26)34(35,36)37)29-18-38-20-43(29)2/h7-12,15-18,20,25,30H,3-6,13-14,19H2,1-2H3,(H,39,40,41). The summed E-state index contributed by atoms with van der Waals surface area (Å²) in [4.78, 5) is 29.7. The summed E-state index contributed by atoms with van der Waals surface area (Å²) in [6.45, 7) is 2.41. The highest BCUT2D eigenvalue weighted by Crippen LogP contribution is 2.40.